The summed E-state index contributed by atoms with van der Waals surface area (Å²) in [5.41, 5.74) is 1.07. The second kappa shape index (κ2) is 7.53. The van der Waals surface area contributed by atoms with Gasteiger partial charge in [0.2, 0.25) is 10.0 Å². The number of hydrogen-bond donors (Lipinski definition) is 2. The molecule has 2 N–H and O–H groups in total. The van der Waals surface area contributed by atoms with E-state index in [4.69, 9.17) is 9.84 Å². The minimum absolute atomic E-state index is 0.000331. The lowest BCUT2D eigenvalue weighted by Gasteiger charge is -2.12. The lowest BCUT2D eigenvalue weighted by molar-refractivity contribution is 0.0696. The largest absolute Gasteiger partial charge is 0.478 e. The molecule has 0 bridgehead atoms. The lowest BCUT2D eigenvalue weighted by atomic mass is 10.1. The van der Waals surface area contributed by atoms with E-state index in [0.29, 0.717) is 30.7 Å². The lowest BCUT2D eigenvalue weighted by Crippen LogP contribution is -2.26. The van der Waals surface area contributed by atoms with Gasteiger partial charge in [-0.3, -0.25) is 0 Å². The Labute approximate surface area is 125 Å². The Kier molecular flexibility index (Phi) is 6.32. The van der Waals surface area contributed by atoms with Crippen LogP contribution in [0.5, 0.6) is 0 Å². The topological polar surface area (TPSA) is 92.7 Å². The second-order valence-electron chi connectivity index (χ2n) is 4.84. The molecule has 118 valence electrons. The number of carboxylic acids is 1. The van der Waals surface area contributed by atoms with E-state index < -0.39 is 16.0 Å². The Morgan fingerprint density at radius 2 is 1.90 bits per heavy atom. The first-order valence-electron chi connectivity index (χ1n) is 6.62. The summed E-state index contributed by atoms with van der Waals surface area (Å²) >= 11 is 0. The molecule has 1 rings (SSSR count). The van der Waals surface area contributed by atoms with Crippen molar-refractivity contribution in [3.8, 4) is 0 Å². The van der Waals surface area contributed by atoms with Gasteiger partial charge in [0, 0.05) is 20.3 Å². The average Bonchev–Trinajstić information content (AvgIpc) is 2.37. The van der Waals surface area contributed by atoms with Gasteiger partial charge in [-0.15, -0.1) is 0 Å². The Balaban J connectivity index is 2.92. The molecule has 0 heterocycles. The zero-order valence-electron chi connectivity index (χ0n) is 12.5. The van der Waals surface area contributed by atoms with Crippen molar-refractivity contribution in [2.75, 3.05) is 20.3 Å². The molecular weight excluding hydrogens is 294 g/mol. The summed E-state index contributed by atoms with van der Waals surface area (Å²) in [7, 11) is -2.11. The van der Waals surface area contributed by atoms with Gasteiger partial charge in [-0.2, -0.15) is 0 Å². The Hall–Kier alpha value is -1.44. The van der Waals surface area contributed by atoms with Crippen molar-refractivity contribution >= 4 is 16.0 Å². The van der Waals surface area contributed by atoms with E-state index in [2.05, 4.69) is 4.72 Å². The SMILES string of the molecule is COCCCCNS(=O)(=O)c1cc(C(=O)O)c(C)cc1C. The maximum atomic E-state index is 12.2. The van der Waals surface area contributed by atoms with Crippen molar-refractivity contribution in [1.29, 1.82) is 0 Å². The third-order valence-corrected chi connectivity index (χ3v) is 4.71. The van der Waals surface area contributed by atoms with Crippen LogP contribution in [0.3, 0.4) is 0 Å². The molecule has 6 nitrogen and oxygen atoms in total. The maximum Gasteiger partial charge on any atom is 0.335 e. The summed E-state index contributed by atoms with van der Waals surface area (Å²) < 4.78 is 31.8. The zero-order valence-corrected chi connectivity index (χ0v) is 13.3. The average molecular weight is 315 g/mol. The molecule has 0 saturated heterocycles. The summed E-state index contributed by atoms with van der Waals surface area (Å²) in [6.45, 7) is 4.17. The summed E-state index contributed by atoms with van der Waals surface area (Å²) in [5, 5.41) is 9.09. The van der Waals surface area contributed by atoms with Gasteiger partial charge in [0.15, 0.2) is 0 Å². The third-order valence-electron chi connectivity index (χ3n) is 3.11. The van der Waals surface area contributed by atoms with Gasteiger partial charge in [0.25, 0.3) is 0 Å². The molecule has 0 radical (unpaired) electrons. The maximum absolute atomic E-state index is 12.2. The zero-order chi connectivity index (χ0) is 16.0. The Morgan fingerprint density at radius 3 is 2.48 bits per heavy atom. The van der Waals surface area contributed by atoms with E-state index in [9.17, 15) is 13.2 Å². The highest BCUT2D eigenvalue weighted by Gasteiger charge is 2.20. The molecule has 0 spiro atoms. The van der Waals surface area contributed by atoms with Gasteiger partial charge < -0.3 is 9.84 Å². The number of nitrogens with one attached hydrogen (secondary N) is 1. The molecule has 0 atom stereocenters. The van der Waals surface area contributed by atoms with Crippen LogP contribution in [-0.4, -0.2) is 39.8 Å². The predicted octanol–water partition coefficient (Wildman–Crippen LogP) is 1.71. The van der Waals surface area contributed by atoms with Crippen molar-refractivity contribution in [2.24, 2.45) is 0 Å². The van der Waals surface area contributed by atoms with Crippen LogP contribution in [0.15, 0.2) is 17.0 Å². The number of sulfonamides is 1. The van der Waals surface area contributed by atoms with Gasteiger partial charge in [-0.25, -0.2) is 17.9 Å². The fraction of sp³-hybridized carbons (Fsp3) is 0.500. The smallest absolute Gasteiger partial charge is 0.335 e. The Morgan fingerprint density at radius 1 is 1.24 bits per heavy atom. The van der Waals surface area contributed by atoms with Crippen LogP contribution < -0.4 is 4.72 Å². The van der Waals surface area contributed by atoms with Gasteiger partial charge in [0.1, 0.15) is 0 Å². The number of benzene rings is 1. The van der Waals surface area contributed by atoms with Gasteiger partial charge >= 0.3 is 5.97 Å². The molecule has 21 heavy (non-hydrogen) atoms. The molecule has 0 fully saturated rings. The molecule has 1 aromatic rings. The van der Waals surface area contributed by atoms with Crippen LogP contribution in [0.4, 0.5) is 0 Å². The number of carboxylic acid groups (broad SMARTS) is 1. The van der Waals surface area contributed by atoms with Crippen LogP contribution in [0.25, 0.3) is 0 Å². The van der Waals surface area contributed by atoms with Crippen molar-refractivity contribution in [3.05, 3.63) is 28.8 Å². The third kappa shape index (κ3) is 4.80. The Bertz CT molecular complexity index is 610. The van der Waals surface area contributed by atoms with Gasteiger partial charge in [-0.05, 0) is 43.9 Å². The van der Waals surface area contributed by atoms with E-state index in [1.807, 2.05) is 0 Å². The summed E-state index contributed by atoms with van der Waals surface area (Å²) in [5.74, 6) is -1.14. The highest BCUT2D eigenvalue weighted by atomic mass is 32.2. The number of methoxy groups -OCH3 is 1. The number of ether oxygens (including phenoxy) is 1. The van der Waals surface area contributed by atoms with Crippen molar-refractivity contribution in [1.82, 2.24) is 4.72 Å². The standard InChI is InChI=1S/C14H21NO5S/c1-10-8-11(2)13(9-12(10)14(16)17)21(18,19)15-6-4-5-7-20-3/h8-9,15H,4-7H2,1-3H3,(H,16,17). The predicted molar refractivity (Wildman–Crippen MR) is 79.2 cm³/mol. The van der Waals surface area contributed by atoms with Crippen molar-refractivity contribution in [2.45, 2.75) is 31.6 Å². The first-order chi connectivity index (χ1) is 9.79. The fourth-order valence-electron chi connectivity index (χ4n) is 2.01. The van der Waals surface area contributed by atoms with E-state index in [0.717, 1.165) is 6.42 Å². The second-order valence-corrected chi connectivity index (χ2v) is 6.57. The number of unbranched alkanes of at least 4 members (excludes halogenated alkanes) is 1. The van der Waals surface area contributed by atoms with Crippen LogP contribution >= 0.6 is 0 Å². The quantitative estimate of drug-likeness (QED) is 0.712. The molecule has 0 aliphatic heterocycles. The van der Waals surface area contributed by atoms with Crippen LogP contribution in [-0.2, 0) is 14.8 Å². The first-order valence-corrected chi connectivity index (χ1v) is 8.11. The van der Waals surface area contributed by atoms with Crippen LogP contribution in [0, 0.1) is 13.8 Å². The van der Waals surface area contributed by atoms with Crippen molar-refractivity contribution < 1.29 is 23.1 Å². The molecule has 1 aromatic carbocycles. The monoisotopic (exact) mass is 315 g/mol. The van der Waals surface area contributed by atoms with Crippen molar-refractivity contribution in [3.63, 3.8) is 0 Å². The fourth-order valence-corrected chi connectivity index (χ4v) is 3.33. The highest BCUT2D eigenvalue weighted by molar-refractivity contribution is 7.89. The van der Waals surface area contributed by atoms with Gasteiger partial charge in [-0.1, -0.05) is 6.07 Å². The normalized spacial score (nSPS) is 11.6. The van der Waals surface area contributed by atoms with Crippen LogP contribution in [0.1, 0.15) is 34.3 Å². The molecular formula is C14H21NO5S. The number of rotatable bonds is 8. The molecule has 0 aliphatic rings. The minimum atomic E-state index is -3.71. The van der Waals surface area contributed by atoms with Gasteiger partial charge in [0.05, 0.1) is 10.5 Å². The number of hydrogen-bond acceptors (Lipinski definition) is 4. The van der Waals surface area contributed by atoms with E-state index >= 15 is 0 Å². The van der Waals surface area contributed by atoms with E-state index in [1.54, 1.807) is 27.0 Å². The number of aryl methyl sites for hydroxylation is 2. The molecule has 0 unspecified atom stereocenters. The number of aromatic carboxylic acids is 1. The molecule has 7 heteroatoms. The molecule has 0 saturated carbocycles. The first kappa shape index (κ1) is 17.6. The number of carbonyl (C=O) groups is 1. The molecule has 0 aromatic heterocycles. The van der Waals surface area contributed by atoms with E-state index in [1.165, 1.54) is 6.07 Å². The summed E-state index contributed by atoms with van der Waals surface area (Å²) in [6, 6.07) is 2.79. The summed E-state index contributed by atoms with van der Waals surface area (Å²) in [4.78, 5) is 11.1. The van der Waals surface area contributed by atoms with Crippen LogP contribution in [0.2, 0.25) is 0 Å². The van der Waals surface area contributed by atoms with E-state index in [-0.39, 0.29) is 10.5 Å². The highest BCUT2D eigenvalue weighted by Crippen LogP contribution is 2.20. The minimum Gasteiger partial charge on any atom is -0.478 e. The summed E-state index contributed by atoms with van der Waals surface area (Å²) in [6.07, 6.45) is 1.41. The molecule has 0 aliphatic carbocycles. The molecule has 0 amide bonds.